The van der Waals surface area contributed by atoms with Gasteiger partial charge in [0.15, 0.2) is 0 Å². The maximum atomic E-state index is 3.81. The number of rotatable bonds is 10. The maximum Gasteiger partial charge on any atom is -0.0348 e. The van der Waals surface area contributed by atoms with Gasteiger partial charge in [-0.25, -0.2) is 0 Å². The molecule has 0 spiro atoms. The van der Waals surface area contributed by atoms with Gasteiger partial charge >= 0.3 is 0 Å². The van der Waals surface area contributed by atoms with Crippen LogP contribution in [0, 0.1) is 6.92 Å². The Morgan fingerprint density at radius 2 is 1.24 bits per heavy atom. The molecule has 95 valence electrons. The fraction of sp³-hybridized carbons (Fsp3) is 0.471. The van der Waals surface area contributed by atoms with Crippen LogP contribution >= 0.6 is 0 Å². The van der Waals surface area contributed by atoms with E-state index in [1.165, 1.54) is 32.1 Å². The van der Waals surface area contributed by atoms with Gasteiger partial charge in [0, 0.05) is 0 Å². The average Bonchev–Trinajstić information content (AvgIpc) is 2.35. The lowest BCUT2D eigenvalue weighted by atomic mass is 10.2. The first-order valence-corrected chi connectivity index (χ1v) is 6.86. The Hall–Kier alpha value is -1.04. The molecular formula is C17H27. The van der Waals surface area contributed by atoms with Crippen molar-refractivity contribution in [2.24, 2.45) is 0 Å². The van der Waals surface area contributed by atoms with Gasteiger partial charge in [-0.05, 0) is 25.7 Å². The summed E-state index contributed by atoms with van der Waals surface area (Å²) in [7, 11) is 0. The lowest BCUT2D eigenvalue weighted by Crippen LogP contribution is -1.69. The maximum absolute atomic E-state index is 3.81. The van der Waals surface area contributed by atoms with Crippen LogP contribution in [0.1, 0.15) is 51.9 Å². The molecule has 0 aliphatic carbocycles. The molecule has 0 aliphatic heterocycles. The SMILES string of the molecule is [CH2]CCCC=CC=CC=CC=CCCCCC. The highest BCUT2D eigenvalue weighted by Gasteiger charge is 1.79. The highest BCUT2D eigenvalue weighted by Crippen LogP contribution is 1.99. The quantitative estimate of drug-likeness (QED) is 0.329. The summed E-state index contributed by atoms with van der Waals surface area (Å²) in [5.41, 5.74) is 0. The Bertz CT molecular complexity index is 241. The van der Waals surface area contributed by atoms with Gasteiger partial charge in [0.25, 0.3) is 0 Å². The molecule has 0 heterocycles. The van der Waals surface area contributed by atoms with Crippen LogP contribution < -0.4 is 0 Å². The van der Waals surface area contributed by atoms with Crippen LogP contribution in [-0.2, 0) is 0 Å². The van der Waals surface area contributed by atoms with E-state index in [2.05, 4.69) is 62.5 Å². The van der Waals surface area contributed by atoms with Crippen molar-refractivity contribution < 1.29 is 0 Å². The van der Waals surface area contributed by atoms with E-state index in [-0.39, 0.29) is 0 Å². The Morgan fingerprint density at radius 1 is 0.706 bits per heavy atom. The van der Waals surface area contributed by atoms with E-state index < -0.39 is 0 Å². The normalized spacial score (nSPS) is 12.8. The van der Waals surface area contributed by atoms with Crippen molar-refractivity contribution >= 4 is 0 Å². The summed E-state index contributed by atoms with van der Waals surface area (Å²) in [4.78, 5) is 0. The van der Waals surface area contributed by atoms with Crippen LogP contribution in [0.15, 0.2) is 48.6 Å². The average molecular weight is 231 g/mol. The number of allylic oxidation sites excluding steroid dienone is 8. The van der Waals surface area contributed by atoms with Crippen LogP contribution in [-0.4, -0.2) is 0 Å². The van der Waals surface area contributed by atoms with E-state index in [4.69, 9.17) is 0 Å². The molecule has 0 fully saturated rings. The van der Waals surface area contributed by atoms with E-state index in [1.807, 2.05) is 0 Å². The first-order valence-electron chi connectivity index (χ1n) is 6.86. The van der Waals surface area contributed by atoms with Crippen molar-refractivity contribution in [3.05, 3.63) is 55.5 Å². The number of hydrogen-bond donors (Lipinski definition) is 0. The standard InChI is InChI=1S/C17H27/c1-3-5-7-9-11-13-15-17-16-14-12-10-8-6-4-2/h9,11-17H,1,3-8,10H2,2H3. The number of hydrogen-bond acceptors (Lipinski definition) is 0. The van der Waals surface area contributed by atoms with Crippen LogP contribution in [0.5, 0.6) is 0 Å². The van der Waals surface area contributed by atoms with Crippen molar-refractivity contribution in [1.82, 2.24) is 0 Å². The predicted octanol–water partition coefficient (Wildman–Crippen LogP) is 5.80. The van der Waals surface area contributed by atoms with Gasteiger partial charge in [-0.15, -0.1) is 0 Å². The summed E-state index contributed by atoms with van der Waals surface area (Å²) in [5.74, 6) is 0. The van der Waals surface area contributed by atoms with Crippen LogP contribution in [0.2, 0.25) is 0 Å². The summed E-state index contributed by atoms with van der Waals surface area (Å²) >= 11 is 0. The lowest BCUT2D eigenvalue weighted by Gasteiger charge is -1.89. The molecule has 0 aliphatic rings. The summed E-state index contributed by atoms with van der Waals surface area (Å²) in [5, 5.41) is 0. The molecule has 0 N–H and O–H groups in total. The molecule has 0 unspecified atom stereocenters. The molecule has 1 radical (unpaired) electrons. The van der Waals surface area contributed by atoms with Crippen molar-refractivity contribution in [2.75, 3.05) is 0 Å². The zero-order valence-corrected chi connectivity index (χ0v) is 11.3. The predicted molar refractivity (Wildman–Crippen MR) is 79.9 cm³/mol. The van der Waals surface area contributed by atoms with Crippen LogP contribution in [0.4, 0.5) is 0 Å². The molecule has 0 amide bonds. The van der Waals surface area contributed by atoms with Gasteiger partial charge in [-0.1, -0.05) is 81.7 Å². The first-order chi connectivity index (χ1) is 8.41. The molecule has 0 saturated carbocycles. The molecular weight excluding hydrogens is 204 g/mol. The van der Waals surface area contributed by atoms with Gasteiger partial charge in [-0.3, -0.25) is 0 Å². The highest BCUT2D eigenvalue weighted by atomic mass is 13.9. The molecule has 0 aromatic heterocycles. The smallest absolute Gasteiger partial charge is 0.0348 e. The van der Waals surface area contributed by atoms with Gasteiger partial charge in [0.1, 0.15) is 0 Å². The third-order valence-electron chi connectivity index (χ3n) is 2.42. The third kappa shape index (κ3) is 15.0. The second-order valence-corrected chi connectivity index (χ2v) is 4.12. The monoisotopic (exact) mass is 231 g/mol. The minimum Gasteiger partial charge on any atom is -0.0845 e. The molecule has 0 aromatic rings. The molecule has 17 heavy (non-hydrogen) atoms. The summed E-state index contributed by atoms with van der Waals surface area (Å²) in [6.07, 6.45) is 25.5. The lowest BCUT2D eigenvalue weighted by molar-refractivity contribution is 0.729. The summed E-state index contributed by atoms with van der Waals surface area (Å²) < 4.78 is 0. The number of unbranched alkanes of at least 4 members (excludes halogenated alkanes) is 5. The largest absolute Gasteiger partial charge is 0.0845 e. The van der Waals surface area contributed by atoms with Crippen molar-refractivity contribution in [1.29, 1.82) is 0 Å². The molecule has 0 heteroatoms. The van der Waals surface area contributed by atoms with E-state index in [1.54, 1.807) is 0 Å². The van der Waals surface area contributed by atoms with E-state index in [0.717, 1.165) is 12.8 Å². The van der Waals surface area contributed by atoms with Crippen molar-refractivity contribution in [3.63, 3.8) is 0 Å². The van der Waals surface area contributed by atoms with E-state index >= 15 is 0 Å². The van der Waals surface area contributed by atoms with Crippen LogP contribution in [0.25, 0.3) is 0 Å². The van der Waals surface area contributed by atoms with Crippen LogP contribution in [0.3, 0.4) is 0 Å². The second kappa shape index (κ2) is 15.0. The van der Waals surface area contributed by atoms with Gasteiger partial charge in [-0.2, -0.15) is 0 Å². The Kier molecular flexibility index (Phi) is 14.0. The fourth-order valence-electron chi connectivity index (χ4n) is 1.38. The van der Waals surface area contributed by atoms with Crippen molar-refractivity contribution in [2.45, 2.75) is 51.9 Å². The topological polar surface area (TPSA) is 0 Å². The van der Waals surface area contributed by atoms with Gasteiger partial charge in [0.2, 0.25) is 0 Å². The van der Waals surface area contributed by atoms with E-state index in [9.17, 15) is 0 Å². The highest BCUT2D eigenvalue weighted by molar-refractivity contribution is 5.15. The zero-order chi connectivity index (χ0) is 12.6. The Balaban J connectivity index is 3.45. The minimum absolute atomic E-state index is 1.02. The van der Waals surface area contributed by atoms with Crippen molar-refractivity contribution in [3.8, 4) is 0 Å². The fourth-order valence-corrected chi connectivity index (χ4v) is 1.38. The minimum atomic E-state index is 1.02. The molecule has 0 rings (SSSR count). The molecule has 0 saturated heterocycles. The Labute approximate surface area is 108 Å². The molecule has 0 nitrogen and oxygen atoms in total. The van der Waals surface area contributed by atoms with Gasteiger partial charge < -0.3 is 0 Å². The zero-order valence-electron chi connectivity index (χ0n) is 11.3. The molecule has 0 atom stereocenters. The summed E-state index contributed by atoms with van der Waals surface area (Å²) in [6, 6.07) is 0. The molecule has 0 bridgehead atoms. The second-order valence-electron chi connectivity index (χ2n) is 4.12. The first kappa shape index (κ1) is 16.0. The van der Waals surface area contributed by atoms with Gasteiger partial charge in [0.05, 0.1) is 0 Å². The van der Waals surface area contributed by atoms with E-state index in [0.29, 0.717) is 0 Å². The Morgan fingerprint density at radius 3 is 1.76 bits per heavy atom. The summed E-state index contributed by atoms with van der Waals surface area (Å²) in [6.45, 7) is 6.04. The third-order valence-corrected chi connectivity index (χ3v) is 2.42. The molecule has 0 aromatic carbocycles.